The molecule has 0 radical (unpaired) electrons. The maximum Gasteiger partial charge on any atom is 0.309 e. The number of hydrogen-bond acceptors (Lipinski definition) is 4. The van der Waals surface area contributed by atoms with E-state index in [1.54, 1.807) is 0 Å². The van der Waals surface area contributed by atoms with E-state index >= 15 is 0 Å². The average molecular weight is 357 g/mol. The molecular formula is C21H31N3O2. The summed E-state index contributed by atoms with van der Waals surface area (Å²) in [5, 5.41) is 9.25. The minimum atomic E-state index is -0.155. The zero-order valence-electron chi connectivity index (χ0n) is 16.3. The van der Waals surface area contributed by atoms with Gasteiger partial charge in [-0.3, -0.25) is 4.79 Å². The van der Waals surface area contributed by atoms with Crippen LogP contribution in [0.5, 0.6) is 0 Å². The Labute approximate surface area is 156 Å². The van der Waals surface area contributed by atoms with E-state index in [1.165, 1.54) is 45.0 Å². The molecule has 142 valence electrons. The molecule has 0 aromatic carbocycles. The Morgan fingerprint density at radius 1 is 1.23 bits per heavy atom. The lowest BCUT2D eigenvalue weighted by Crippen LogP contribution is -2.27. The Morgan fingerprint density at radius 3 is 2.54 bits per heavy atom. The maximum atomic E-state index is 12.3. The molecule has 0 saturated heterocycles. The third-order valence-electron chi connectivity index (χ3n) is 6.40. The van der Waals surface area contributed by atoms with E-state index in [4.69, 9.17) is 4.74 Å². The summed E-state index contributed by atoms with van der Waals surface area (Å²) in [6, 6.07) is 0.534. The van der Waals surface area contributed by atoms with Crippen LogP contribution in [0.15, 0.2) is 12.2 Å². The smallest absolute Gasteiger partial charge is 0.309 e. The highest BCUT2D eigenvalue weighted by molar-refractivity contribution is 5.74. The van der Waals surface area contributed by atoms with Crippen molar-refractivity contribution in [1.29, 1.82) is 0 Å². The monoisotopic (exact) mass is 357 g/mol. The van der Waals surface area contributed by atoms with Crippen LogP contribution in [-0.4, -0.2) is 27.8 Å². The van der Waals surface area contributed by atoms with Gasteiger partial charge in [-0.1, -0.05) is 26.0 Å². The van der Waals surface area contributed by atoms with Crippen LogP contribution < -0.4 is 0 Å². The Morgan fingerprint density at radius 2 is 1.92 bits per heavy atom. The summed E-state index contributed by atoms with van der Waals surface area (Å²) >= 11 is 0. The standard InChI is InChI=1S/C21H31N3O2/c1-12(2)7-14-10-15(11-14)19-22-23-20(24(19)16-5-6-16)17-8-13(3)9-18(17)21(25)26-4/h12,14-18H,3,5-11H2,1-2,4H3/t14?,15?,17-,18-/m0/s1. The van der Waals surface area contributed by atoms with E-state index in [0.29, 0.717) is 18.4 Å². The van der Waals surface area contributed by atoms with Gasteiger partial charge in [0.2, 0.25) is 0 Å². The van der Waals surface area contributed by atoms with Crippen molar-refractivity contribution >= 4 is 5.97 Å². The second-order valence-electron chi connectivity index (χ2n) is 9.08. The van der Waals surface area contributed by atoms with Crippen molar-refractivity contribution in [1.82, 2.24) is 14.8 Å². The predicted molar refractivity (Wildman–Crippen MR) is 99.8 cm³/mol. The largest absolute Gasteiger partial charge is 0.469 e. The molecule has 3 aliphatic carbocycles. The molecule has 0 unspecified atom stereocenters. The van der Waals surface area contributed by atoms with Crippen molar-refractivity contribution in [3.05, 3.63) is 23.8 Å². The maximum absolute atomic E-state index is 12.3. The molecule has 3 aliphatic rings. The summed E-state index contributed by atoms with van der Waals surface area (Å²) in [6.07, 6.45) is 7.73. The van der Waals surface area contributed by atoms with E-state index in [1.807, 2.05) is 0 Å². The minimum Gasteiger partial charge on any atom is -0.469 e. The SMILES string of the molecule is C=C1C[C@H](C(=O)OC)[C@@H](c2nnc(C3CC(CC(C)C)C3)n2C2CC2)C1. The van der Waals surface area contributed by atoms with E-state index in [9.17, 15) is 4.79 Å². The zero-order chi connectivity index (χ0) is 18.4. The van der Waals surface area contributed by atoms with Crippen molar-refractivity contribution in [3.8, 4) is 0 Å². The molecule has 26 heavy (non-hydrogen) atoms. The molecule has 0 aliphatic heterocycles. The fourth-order valence-electron chi connectivity index (χ4n) is 5.02. The van der Waals surface area contributed by atoms with Gasteiger partial charge in [0.15, 0.2) is 0 Å². The van der Waals surface area contributed by atoms with Gasteiger partial charge in [-0.15, -0.1) is 10.2 Å². The van der Waals surface area contributed by atoms with Crippen LogP contribution >= 0.6 is 0 Å². The lowest BCUT2D eigenvalue weighted by Gasteiger charge is -2.36. The molecule has 5 nitrogen and oxygen atoms in total. The number of nitrogens with zero attached hydrogens (tertiary/aromatic N) is 3. The number of aromatic nitrogens is 3. The van der Waals surface area contributed by atoms with E-state index in [2.05, 4.69) is 35.2 Å². The number of allylic oxidation sites excluding steroid dienone is 1. The van der Waals surface area contributed by atoms with Gasteiger partial charge in [-0.2, -0.15) is 0 Å². The Kier molecular flexibility index (Phi) is 4.66. The highest BCUT2D eigenvalue weighted by atomic mass is 16.5. The number of esters is 1. The molecule has 0 amide bonds. The molecule has 3 saturated carbocycles. The highest BCUT2D eigenvalue weighted by Gasteiger charge is 2.44. The van der Waals surface area contributed by atoms with Gasteiger partial charge in [0.25, 0.3) is 0 Å². The third-order valence-corrected chi connectivity index (χ3v) is 6.40. The van der Waals surface area contributed by atoms with Gasteiger partial charge in [-0.25, -0.2) is 0 Å². The molecule has 5 heteroatoms. The summed E-state index contributed by atoms with van der Waals surface area (Å²) < 4.78 is 7.45. The first-order valence-corrected chi connectivity index (χ1v) is 10.2. The van der Waals surface area contributed by atoms with Gasteiger partial charge >= 0.3 is 5.97 Å². The molecule has 1 aromatic heterocycles. The third kappa shape index (κ3) is 3.21. The van der Waals surface area contributed by atoms with Gasteiger partial charge in [-0.05, 0) is 56.8 Å². The molecule has 1 heterocycles. The van der Waals surface area contributed by atoms with Crippen LogP contribution in [0.3, 0.4) is 0 Å². The second-order valence-corrected chi connectivity index (χ2v) is 9.08. The molecular weight excluding hydrogens is 326 g/mol. The summed E-state index contributed by atoms with van der Waals surface area (Å²) in [5.41, 5.74) is 1.12. The van der Waals surface area contributed by atoms with Gasteiger partial charge in [0, 0.05) is 17.9 Å². The first kappa shape index (κ1) is 17.7. The predicted octanol–water partition coefficient (Wildman–Crippen LogP) is 4.38. The van der Waals surface area contributed by atoms with Crippen molar-refractivity contribution < 1.29 is 9.53 Å². The number of carbonyl (C=O) groups excluding carboxylic acids is 1. The van der Waals surface area contributed by atoms with Crippen molar-refractivity contribution in [2.24, 2.45) is 17.8 Å². The number of ether oxygens (including phenoxy) is 1. The number of rotatable bonds is 6. The first-order chi connectivity index (χ1) is 12.5. The summed E-state index contributed by atoms with van der Waals surface area (Å²) in [5.74, 6) is 4.10. The fraction of sp³-hybridized carbons (Fsp3) is 0.762. The molecule has 0 bridgehead atoms. The zero-order valence-corrected chi connectivity index (χ0v) is 16.3. The second kappa shape index (κ2) is 6.82. The van der Waals surface area contributed by atoms with Gasteiger partial charge < -0.3 is 9.30 Å². The normalized spacial score (nSPS) is 31.3. The van der Waals surface area contributed by atoms with Crippen LogP contribution in [0.25, 0.3) is 0 Å². The summed E-state index contributed by atoms with van der Waals surface area (Å²) in [6.45, 7) is 8.74. The highest BCUT2D eigenvalue weighted by Crippen LogP contribution is 2.50. The summed E-state index contributed by atoms with van der Waals surface area (Å²) in [4.78, 5) is 12.3. The molecule has 4 rings (SSSR count). The molecule has 2 atom stereocenters. The topological polar surface area (TPSA) is 57.0 Å². The van der Waals surface area contributed by atoms with Crippen LogP contribution in [0.1, 0.15) is 88.3 Å². The fourth-order valence-corrected chi connectivity index (χ4v) is 5.02. The van der Waals surface area contributed by atoms with Crippen molar-refractivity contribution in [2.45, 2.75) is 76.7 Å². The van der Waals surface area contributed by atoms with Gasteiger partial charge in [0.05, 0.1) is 13.0 Å². The molecule has 3 fully saturated rings. The number of hydrogen-bond donors (Lipinski definition) is 0. The Hall–Kier alpha value is -1.65. The average Bonchev–Trinajstić information content (AvgIpc) is 3.19. The van der Waals surface area contributed by atoms with Crippen LogP contribution in [0, 0.1) is 17.8 Å². The molecule has 0 spiro atoms. The quantitative estimate of drug-likeness (QED) is 0.560. The lowest BCUT2D eigenvalue weighted by atomic mass is 9.71. The first-order valence-electron chi connectivity index (χ1n) is 10.2. The lowest BCUT2D eigenvalue weighted by molar-refractivity contribution is -0.145. The van der Waals surface area contributed by atoms with Crippen molar-refractivity contribution in [3.63, 3.8) is 0 Å². The number of methoxy groups -OCH3 is 1. The summed E-state index contributed by atoms with van der Waals surface area (Å²) in [7, 11) is 1.47. The van der Waals surface area contributed by atoms with Gasteiger partial charge in [0.1, 0.15) is 11.6 Å². The van der Waals surface area contributed by atoms with E-state index < -0.39 is 0 Å². The Bertz CT molecular complexity index is 698. The Balaban J connectivity index is 1.57. The molecule has 0 N–H and O–H groups in total. The van der Waals surface area contributed by atoms with Crippen LogP contribution in [0.2, 0.25) is 0 Å². The number of carbonyl (C=O) groups is 1. The van der Waals surface area contributed by atoms with Crippen LogP contribution in [0.4, 0.5) is 0 Å². The van der Waals surface area contributed by atoms with E-state index in [-0.39, 0.29) is 17.8 Å². The minimum absolute atomic E-state index is 0.0725. The van der Waals surface area contributed by atoms with E-state index in [0.717, 1.165) is 29.7 Å². The molecule has 1 aromatic rings. The van der Waals surface area contributed by atoms with Crippen molar-refractivity contribution in [2.75, 3.05) is 7.11 Å². The van der Waals surface area contributed by atoms with Crippen LogP contribution in [-0.2, 0) is 9.53 Å².